The molecule has 0 spiro atoms. The number of hydrogen-bond donors (Lipinski definition) is 0. The first-order chi connectivity index (χ1) is 9.99. The molecule has 0 radical (unpaired) electrons. The second-order valence-corrected chi connectivity index (χ2v) is 9.90. The Kier molecular flexibility index (Phi) is 2.44. The van der Waals surface area contributed by atoms with E-state index in [0.717, 1.165) is 19.3 Å². The van der Waals surface area contributed by atoms with Crippen molar-refractivity contribution in [2.24, 2.45) is 27.6 Å². The number of rotatable bonds is 2. The molecule has 4 aliphatic rings. The molecule has 4 bridgehead atoms. The molecular formula is C16H27NOS. The van der Waals surface area contributed by atoms with Gasteiger partial charge in [-0.1, -0.05) is 0 Å². The lowest BCUT2D eigenvalue weighted by molar-refractivity contribution is -0.0124. The predicted octanol–water partition coefficient (Wildman–Crippen LogP) is 4.13. The van der Waals surface area contributed by atoms with Crippen molar-refractivity contribution >= 4 is 16.7 Å². The van der Waals surface area contributed by atoms with Gasteiger partial charge in [0.1, 0.15) is 11.0 Å². The Morgan fingerprint density at radius 1 is 1.16 bits per heavy atom. The minimum Gasteiger partial charge on any atom is -0.234 e. The highest BCUT2D eigenvalue weighted by Gasteiger charge is 2.52. The predicted molar refractivity (Wildman–Crippen MR) is 81.6 cm³/mol. The molecule has 0 aromatic heterocycles. The molecule has 4 saturated carbocycles. The molecule has 108 valence electrons. The van der Waals surface area contributed by atoms with Crippen LogP contribution in [-0.2, 0) is 11.0 Å². The second-order valence-electron chi connectivity index (χ2n) is 8.00. The molecule has 0 aromatic rings. The van der Waals surface area contributed by atoms with Gasteiger partial charge in [-0.05, 0) is 83.9 Å². The van der Waals surface area contributed by atoms with Gasteiger partial charge in [0.05, 0.1) is 4.75 Å². The van der Waals surface area contributed by atoms with Gasteiger partial charge in [-0.25, -0.2) is 4.21 Å². The Bertz CT molecular complexity index is 483. The first-order valence-electron chi connectivity index (χ1n) is 9.01. The van der Waals surface area contributed by atoms with Gasteiger partial charge in [-0.3, -0.25) is 0 Å². The topological polar surface area (TPSA) is 29.4 Å². The SMILES string of the molecule is [2H]C([2H])([2H])/C(=N\S(=O)C(C)(C)C)C12CC3CC(CC(C3)C1)C2. The minimum atomic E-state index is -2.23. The van der Waals surface area contributed by atoms with E-state index in [9.17, 15) is 4.21 Å². The third kappa shape index (κ3) is 2.43. The van der Waals surface area contributed by atoms with Crippen LogP contribution >= 0.6 is 0 Å². The highest BCUT2D eigenvalue weighted by molar-refractivity contribution is 7.85. The number of hydrogen-bond acceptors (Lipinski definition) is 1. The van der Waals surface area contributed by atoms with E-state index in [1.54, 1.807) is 0 Å². The van der Waals surface area contributed by atoms with Crippen molar-refractivity contribution in [2.75, 3.05) is 0 Å². The number of nitrogens with zero attached hydrogens (tertiary/aromatic N) is 1. The maximum absolute atomic E-state index is 12.5. The monoisotopic (exact) mass is 284 g/mol. The van der Waals surface area contributed by atoms with Crippen molar-refractivity contribution < 1.29 is 8.32 Å². The normalized spacial score (nSPS) is 46.6. The molecule has 4 rings (SSSR count). The van der Waals surface area contributed by atoms with Crippen molar-refractivity contribution in [2.45, 2.75) is 70.9 Å². The Morgan fingerprint density at radius 2 is 1.63 bits per heavy atom. The molecule has 4 fully saturated rings. The molecule has 0 N–H and O–H groups in total. The van der Waals surface area contributed by atoms with E-state index in [2.05, 4.69) is 4.40 Å². The summed E-state index contributed by atoms with van der Waals surface area (Å²) in [5, 5.41) is 0. The summed E-state index contributed by atoms with van der Waals surface area (Å²) in [5.41, 5.74) is -0.0340. The molecular weight excluding hydrogens is 254 g/mol. The van der Waals surface area contributed by atoms with E-state index < -0.39 is 22.6 Å². The summed E-state index contributed by atoms with van der Waals surface area (Å²) in [7, 11) is -1.50. The van der Waals surface area contributed by atoms with Crippen LogP contribution in [0, 0.1) is 23.2 Å². The summed E-state index contributed by atoms with van der Waals surface area (Å²) in [5.74, 6) is 1.96. The molecule has 3 heteroatoms. The zero-order valence-electron chi connectivity index (χ0n) is 15.2. The largest absolute Gasteiger partial charge is 0.234 e. The third-order valence-electron chi connectivity index (χ3n) is 5.24. The zero-order chi connectivity index (χ0) is 16.3. The molecule has 1 atom stereocenters. The smallest absolute Gasteiger partial charge is 0.144 e. The molecule has 1 unspecified atom stereocenters. The fourth-order valence-corrected chi connectivity index (χ4v) is 5.35. The van der Waals surface area contributed by atoms with Crippen LogP contribution in [0.15, 0.2) is 4.40 Å². The maximum Gasteiger partial charge on any atom is 0.144 e. The molecule has 0 saturated heterocycles. The van der Waals surface area contributed by atoms with Crippen LogP contribution in [0.4, 0.5) is 0 Å². The fourth-order valence-electron chi connectivity index (χ4n) is 4.72. The van der Waals surface area contributed by atoms with Crippen LogP contribution in [0.3, 0.4) is 0 Å². The van der Waals surface area contributed by atoms with Crippen molar-refractivity contribution in [1.82, 2.24) is 0 Å². The lowest BCUT2D eigenvalue weighted by Gasteiger charge is -2.56. The fraction of sp³-hybridized carbons (Fsp3) is 0.938. The van der Waals surface area contributed by atoms with Crippen LogP contribution in [-0.4, -0.2) is 14.7 Å². The summed E-state index contributed by atoms with van der Waals surface area (Å²) >= 11 is 0. The lowest BCUT2D eigenvalue weighted by atomic mass is 9.48. The summed E-state index contributed by atoms with van der Waals surface area (Å²) in [6, 6.07) is 0. The molecule has 2 nitrogen and oxygen atoms in total. The van der Waals surface area contributed by atoms with Crippen LogP contribution in [0.1, 0.15) is 70.3 Å². The Hall–Kier alpha value is -0.180. The summed E-state index contributed by atoms with van der Waals surface area (Å²) < 4.78 is 40.3. The van der Waals surface area contributed by atoms with Gasteiger partial charge in [0.15, 0.2) is 0 Å². The van der Waals surface area contributed by atoms with Crippen LogP contribution < -0.4 is 0 Å². The zero-order valence-corrected chi connectivity index (χ0v) is 13.1. The van der Waals surface area contributed by atoms with Gasteiger partial charge in [-0.2, -0.15) is 4.40 Å². The molecule has 4 aliphatic carbocycles. The first kappa shape index (κ1) is 10.5. The van der Waals surface area contributed by atoms with E-state index in [4.69, 9.17) is 4.11 Å². The standard InChI is InChI=1S/C16H27NOS/c1-11(17-19(18)15(2,3)4)16-8-12-5-13(9-16)7-14(6-12)10-16/h12-14H,5-10H2,1-4H3/b17-11+/i1D3. The van der Waals surface area contributed by atoms with Crippen LogP contribution in [0.2, 0.25) is 0 Å². The Balaban J connectivity index is 2.00. The van der Waals surface area contributed by atoms with Gasteiger partial charge < -0.3 is 0 Å². The maximum atomic E-state index is 12.5. The van der Waals surface area contributed by atoms with Gasteiger partial charge in [0, 0.05) is 15.2 Å². The summed E-state index contributed by atoms with van der Waals surface area (Å²) in [4.78, 5) is 0. The van der Waals surface area contributed by atoms with Crippen molar-refractivity contribution in [1.29, 1.82) is 0 Å². The summed E-state index contributed by atoms with van der Waals surface area (Å²) in [6.07, 6.45) is 6.61. The van der Waals surface area contributed by atoms with Gasteiger partial charge in [0.2, 0.25) is 0 Å². The summed E-state index contributed by atoms with van der Waals surface area (Å²) in [6.45, 7) is 3.32. The molecule has 0 heterocycles. The first-order valence-corrected chi connectivity index (χ1v) is 8.62. The second kappa shape index (κ2) is 4.41. The average Bonchev–Trinajstić information content (AvgIpc) is 2.30. The van der Waals surface area contributed by atoms with Crippen molar-refractivity contribution in [3.63, 3.8) is 0 Å². The van der Waals surface area contributed by atoms with Gasteiger partial charge in [-0.15, -0.1) is 0 Å². The molecule has 0 amide bonds. The minimum absolute atomic E-state index is 0.271. The van der Waals surface area contributed by atoms with E-state index in [1.165, 1.54) is 19.3 Å². The molecule has 0 aromatic carbocycles. The van der Waals surface area contributed by atoms with Gasteiger partial charge >= 0.3 is 0 Å². The van der Waals surface area contributed by atoms with E-state index >= 15 is 0 Å². The van der Waals surface area contributed by atoms with Gasteiger partial charge in [0.25, 0.3) is 0 Å². The van der Waals surface area contributed by atoms with E-state index in [-0.39, 0.29) is 11.1 Å². The highest BCUT2D eigenvalue weighted by Crippen LogP contribution is 2.60. The van der Waals surface area contributed by atoms with Crippen LogP contribution in [0.5, 0.6) is 0 Å². The highest BCUT2D eigenvalue weighted by atomic mass is 32.2. The Morgan fingerprint density at radius 3 is 2.00 bits per heavy atom. The average molecular weight is 284 g/mol. The van der Waals surface area contributed by atoms with Crippen molar-refractivity contribution in [3.05, 3.63) is 0 Å². The van der Waals surface area contributed by atoms with E-state index in [1.807, 2.05) is 20.8 Å². The van der Waals surface area contributed by atoms with Crippen molar-refractivity contribution in [3.8, 4) is 0 Å². The quantitative estimate of drug-likeness (QED) is 0.701. The van der Waals surface area contributed by atoms with E-state index in [0.29, 0.717) is 17.8 Å². The third-order valence-corrected chi connectivity index (χ3v) is 6.63. The molecule has 0 aliphatic heterocycles. The molecule has 19 heavy (non-hydrogen) atoms. The Labute approximate surface area is 124 Å². The lowest BCUT2D eigenvalue weighted by Crippen LogP contribution is -2.49. The van der Waals surface area contributed by atoms with Crippen LogP contribution in [0.25, 0.3) is 0 Å².